The van der Waals surface area contributed by atoms with Crippen LogP contribution >= 0.6 is 11.3 Å². The predicted octanol–water partition coefficient (Wildman–Crippen LogP) is 4.39. The van der Waals surface area contributed by atoms with Gasteiger partial charge in [0.2, 0.25) is 5.91 Å². The Morgan fingerprint density at radius 2 is 1.61 bits per heavy atom. The smallest absolute Gasteiger partial charge is 0.325 e. The second-order valence-electron chi connectivity index (χ2n) is 5.58. The Bertz CT molecular complexity index is 1010. The van der Waals surface area contributed by atoms with Crippen LogP contribution in [0.25, 0.3) is 0 Å². The third-order valence-electron chi connectivity index (χ3n) is 3.42. The van der Waals surface area contributed by atoms with Gasteiger partial charge in [-0.3, -0.25) is 10.1 Å². The second kappa shape index (κ2) is 8.53. The van der Waals surface area contributed by atoms with Gasteiger partial charge in [-0.1, -0.05) is 0 Å². The Morgan fingerprint density at radius 3 is 2.32 bits per heavy atom. The zero-order valence-electron chi connectivity index (χ0n) is 14.1. The lowest BCUT2D eigenvalue weighted by molar-refractivity contribution is -0.115. The molecule has 6 nitrogen and oxygen atoms in total. The highest BCUT2D eigenvalue weighted by Crippen LogP contribution is 2.18. The number of hydrogen-bond acceptors (Lipinski definition) is 4. The van der Waals surface area contributed by atoms with Crippen LogP contribution in [0.4, 0.5) is 34.5 Å². The molecule has 1 aromatic heterocycles. The van der Waals surface area contributed by atoms with E-state index in [2.05, 4.69) is 20.9 Å². The molecule has 0 aliphatic heterocycles. The van der Waals surface area contributed by atoms with Crippen molar-refractivity contribution in [1.29, 1.82) is 0 Å². The maximum atomic E-state index is 13.2. The van der Waals surface area contributed by atoms with Crippen LogP contribution in [0.1, 0.15) is 5.69 Å². The number of nitrogens with zero attached hydrogens (tertiary/aromatic N) is 1. The molecule has 0 spiro atoms. The van der Waals surface area contributed by atoms with Gasteiger partial charge in [-0.25, -0.2) is 22.9 Å². The zero-order chi connectivity index (χ0) is 20.1. The minimum absolute atomic E-state index is 0.114. The lowest BCUT2D eigenvalue weighted by Crippen LogP contribution is -2.19. The van der Waals surface area contributed by atoms with Gasteiger partial charge < -0.3 is 10.6 Å². The van der Waals surface area contributed by atoms with Gasteiger partial charge in [0.1, 0.15) is 5.82 Å². The van der Waals surface area contributed by atoms with Gasteiger partial charge in [0.15, 0.2) is 16.8 Å². The molecule has 10 heteroatoms. The van der Waals surface area contributed by atoms with E-state index in [-0.39, 0.29) is 17.2 Å². The summed E-state index contributed by atoms with van der Waals surface area (Å²) in [6, 6.07) is 7.70. The van der Waals surface area contributed by atoms with Crippen LogP contribution in [-0.2, 0) is 11.2 Å². The van der Waals surface area contributed by atoms with Crippen LogP contribution in [0.2, 0.25) is 0 Å². The Kier molecular flexibility index (Phi) is 5.90. The molecule has 3 rings (SSSR count). The number of halogens is 3. The third-order valence-corrected chi connectivity index (χ3v) is 4.23. The summed E-state index contributed by atoms with van der Waals surface area (Å²) < 4.78 is 38.9. The third kappa shape index (κ3) is 5.30. The van der Waals surface area contributed by atoms with Gasteiger partial charge >= 0.3 is 6.03 Å². The molecule has 0 saturated heterocycles. The quantitative estimate of drug-likeness (QED) is 0.588. The molecule has 2 aromatic carbocycles. The van der Waals surface area contributed by atoms with E-state index in [1.54, 1.807) is 5.38 Å². The van der Waals surface area contributed by atoms with E-state index in [9.17, 15) is 22.8 Å². The van der Waals surface area contributed by atoms with E-state index in [1.807, 2.05) is 0 Å². The van der Waals surface area contributed by atoms with Crippen molar-refractivity contribution in [2.24, 2.45) is 0 Å². The minimum Gasteiger partial charge on any atom is -0.326 e. The number of benzene rings is 2. The molecule has 28 heavy (non-hydrogen) atoms. The van der Waals surface area contributed by atoms with Gasteiger partial charge in [-0.15, -0.1) is 11.3 Å². The Morgan fingerprint density at radius 1 is 0.893 bits per heavy atom. The molecule has 0 saturated carbocycles. The summed E-state index contributed by atoms with van der Waals surface area (Å²) in [5.74, 6) is -2.96. The Hall–Kier alpha value is -3.40. The number of urea groups is 1. The maximum absolute atomic E-state index is 13.2. The van der Waals surface area contributed by atoms with Crippen molar-refractivity contribution in [2.75, 3.05) is 16.0 Å². The highest BCUT2D eigenvalue weighted by molar-refractivity contribution is 7.14. The summed E-state index contributed by atoms with van der Waals surface area (Å²) in [6.45, 7) is 0. The molecule has 0 fully saturated rings. The van der Waals surface area contributed by atoms with Crippen LogP contribution in [0, 0.1) is 17.5 Å². The number of rotatable bonds is 5. The predicted molar refractivity (Wildman–Crippen MR) is 99.8 cm³/mol. The van der Waals surface area contributed by atoms with Crippen LogP contribution in [0.5, 0.6) is 0 Å². The Balaban J connectivity index is 1.53. The summed E-state index contributed by atoms with van der Waals surface area (Å²) in [5.41, 5.74) is 0.917. The topological polar surface area (TPSA) is 83.1 Å². The van der Waals surface area contributed by atoms with Crippen molar-refractivity contribution in [3.8, 4) is 0 Å². The largest absolute Gasteiger partial charge is 0.326 e. The van der Waals surface area contributed by atoms with Crippen molar-refractivity contribution in [1.82, 2.24) is 4.98 Å². The van der Waals surface area contributed by atoms with Gasteiger partial charge in [0.25, 0.3) is 0 Å². The van der Waals surface area contributed by atoms with E-state index in [4.69, 9.17) is 0 Å². The fourth-order valence-electron chi connectivity index (χ4n) is 2.18. The summed E-state index contributed by atoms with van der Waals surface area (Å²) in [4.78, 5) is 28.0. The molecule has 0 bridgehead atoms. The summed E-state index contributed by atoms with van der Waals surface area (Å²) >= 11 is 1.11. The first kappa shape index (κ1) is 19.4. The Labute approximate surface area is 161 Å². The average molecular weight is 406 g/mol. The number of hydrogen-bond donors (Lipinski definition) is 3. The highest BCUT2D eigenvalue weighted by Gasteiger charge is 2.11. The molecule has 1 heterocycles. The first-order chi connectivity index (χ1) is 13.4. The lowest BCUT2D eigenvalue weighted by Gasteiger charge is -2.05. The van der Waals surface area contributed by atoms with Crippen molar-refractivity contribution < 1.29 is 22.8 Å². The van der Waals surface area contributed by atoms with Crippen LogP contribution in [0.15, 0.2) is 47.8 Å². The minimum atomic E-state index is -1.06. The molecular formula is C18H13F3N4O2S. The summed E-state index contributed by atoms with van der Waals surface area (Å²) in [7, 11) is 0. The van der Waals surface area contributed by atoms with Crippen molar-refractivity contribution >= 4 is 39.8 Å². The van der Waals surface area contributed by atoms with Crippen LogP contribution in [0.3, 0.4) is 0 Å². The van der Waals surface area contributed by atoms with Gasteiger partial charge in [0.05, 0.1) is 12.1 Å². The molecule has 3 aromatic rings. The van der Waals surface area contributed by atoms with E-state index in [0.717, 1.165) is 23.5 Å². The van der Waals surface area contributed by atoms with Crippen LogP contribution < -0.4 is 16.0 Å². The SMILES string of the molecule is O=C(Cc1csc(NC(=O)Nc2ccc(F)cc2)n1)Nc1ccc(F)c(F)c1. The van der Waals surface area contributed by atoms with Crippen molar-refractivity contribution in [2.45, 2.75) is 6.42 Å². The second-order valence-corrected chi connectivity index (χ2v) is 6.44. The maximum Gasteiger partial charge on any atom is 0.325 e. The van der Waals surface area contributed by atoms with E-state index >= 15 is 0 Å². The normalized spacial score (nSPS) is 10.4. The molecule has 0 aliphatic rings. The first-order valence-corrected chi connectivity index (χ1v) is 8.80. The van der Waals surface area contributed by atoms with Gasteiger partial charge in [0, 0.05) is 22.8 Å². The molecule has 0 atom stereocenters. The van der Waals surface area contributed by atoms with Gasteiger partial charge in [-0.2, -0.15) is 0 Å². The molecule has 3 amide bonds. The van der Waals surface area contributed by atoms with Crippen LogP contribution in [-0.4, -0.2) is 16.9 Å². The molecule has 3 N–H and O–H groups in total. The van der Waals surface area contributed by atoms with E-state index in [1.165, 1.54) is 30.3 Å². The first-order valence-electron chi connectivity index (χ1n) is 7.92. The number of thiazole rings is 1. The summed E-state index contributed by atoms with van der Waals surface area (Å²) in [6.07, 6.45) is -0.114. The molecular weight excluding hydrogens is 393 g/mol. The monoisotopic (exact) mass is 406 g/mol. The fraction of sp³-hybridized carbons (Fsp3) is 0.0556. The fourth-order valence-corrected chi connectivity index (χ4v) is 2.89. The zero-order valence-corrected chi connectivity index (χ0v) is 14.9. The molecule has 144 valence electrons. The van der Waals surface area contributed by atoms with Gasteiger partial charge in [-0.05, 0) is 36.4 Å². The summed E-state index contributed by atoms with van der Waals surface area (Å²) in [5, 5.41) is 9.29. The van der Waals surface area contributed by atoms with Crippen molar-refractivity contribution in [3.05, 3.63) is 71.0 Å². The van der Waals surface area contributed by atoms with Crippen molar-refractivity contribution in [3.63, 3.8) is 0 Å². The number of amides is 3. The lowest BCUT2D eigenvalue weighted by atomic mass is 10.2. The number of nitrogens with one attached hydrogen (secondary N) is 3. The van der Waals surface area contributed by atoms with E-state index < -0.39 is 29.4 Å². The number of carbonyl (C=O) groups is 2. The van der Waals surface area contributed by atoms with E-state index in [0.29, 0.717) is 11.4 Å². The number of anilines is 3. The highest BCUT2D eigenvalue weighted by atomic mass is 32.1. The molecule has 0 unspecified atom stereocenters. The number of aromatic nitrogens is 1. The standard InChI is InChI=1S/C18H13F3N4O2S/c19-10-1-3-11(4-2-10)23-17(27)25-18-24-13(9-28-18)8-16(26)22-12-5-6-14(20)15(21)7-12/h1-7,9H,8H2,(H,22,26)(H2,23,24,25,27). The molecule has 0 radical (unpaired) electrons. The number of carbonyl (C=O) groups excluding carboxylic acids is 2. The molecule has 0 aliphatic carbocycles. The average Bonchev–Trinajstić information content (AvgIpc) is 3.06.